The van der Waals surface area contributed by atoms with E-state index in [0.717, 1.165) is 6.29 Å². The van der Waals surface area contributed by atoms with E-state index in [1.165, 1.54) is 39.0 Å². The molecule has 1 aliphatic carbocycles. The monoisotopic (exact) mass is 247 g/mol. The number of aldehydes is 1. The molecule has 16 heavy (non-hydrogen) atoms. The highest BCUT2D eigenvalue weighted by Crippen LogP contribution is 2.19. The zero-order valence-corrected chi connectivity index (χ0v) is 11.7. The van der Waals surface area contributed by atoms with Crippen LogP contribution in [0, 0.1) is 0 Å². The van der Waals surface area contributed by atoms with Gasteiger partial charge in [0, 0.05) is 6.04 Å². The predicted molar refractivity (Wildman–Crippen MR) is 69.6 cm³/mol. The highest BCUT2D eigenvalue weighted by molar-refractivity contribution is 7.84. The second kappa shape index (κ2) is 7.96. The van der Waals surface area contributed by atoms with Crippen LogP contribution >= 0.6 is 0 Å². The first kappa shape index (κ1) is 15.8. The van der Waals surface area contributed by atoms with Crippen molar-refractivity contribution in [2.75, 3.05) is 0 Å². The lowest BCUT2D eigenvalue weighted by molar-refractivity contribution is -0.106. The standard InChI is InChI=1S/C10H21NOS.C2H4O/c1-10(2,3)13(12)11-9-7-5-4-6-8-9;1-2-3/h9,11H,4-8H2,1-3H3;2H,1H3. The van der Waals surface area contributed by atoms with Crippen LogP contribution in [0.5, 0.6) is 0 Å². The van der Waals surface area contributed by atoms with Gasteiger partial charge in [0.2, 0.25) is 0 Å². The van der Waals surface area contributed by atoms with Gasteiger partial charge in [-0.05, 0) is 40.5 Å². The maximum Gasteiger partial charge on any atom is 0.116 e. The van der Waals surface area contributed by atoms with Crippen molar-refractivity contribution in [3.8, 4) is 0 Å². The van der Waals surface area contributed by atoms with Gasteiger partial charge in [-0.15, -0.1) is 0 Å². The Balaban J connectivity index is 0.000000673. The fourth-order valence-corrected chi connectivity index (χ4v) is 2.44. The Bertz CT molecular complexity index is 218. The highest BCUT2D eigenvalue weighted by atomic mass is 32.2. The summed E-state index contributed by atoms with van der Waals surface area (Å²) in [5.41, 5.74) is 0. The molecule has 1 atom stereocenters. The Morgan fingerprint density at radius 2 is 1.62 bits per heavy atom. The van der Waals surface area contributed by atoms with Gasteiger partial charge < -0.3 is 4.79 Å². The largest absolute Gasteiger partial charge is 0.304 e. The maximum absolute atomic E-state index is 11.7. The van der Waals surface area contributed by atoms with Crippen LogP contribution in [0.25, 0.3) is 0 Å². The lowest BCUT2D eigenvalue weighted by Crippen LogP contribution is -2.40. The smallest absolute Gasteiger partial charge is 0.116 e. The van der Waals surface area contributed by atoms with Crippen molar-refractivity contribution >= 4 is 17.3 Å². The number of nitrogens with one attached hydrogen (secondary N) is 1. The molecule has 0 aromatic heterocycles. The minimum atomic E-state index is -0.885. The van der Waals surface area contributed by atoms with E-state index in [2.05, 4.69) is 4.72 Å². The van der Waals surface area contributed by atoms with Gasteiger partial charge in [-0.3, -0.25) is 0 Å². The van der Waals surface area contributed by atoms with Crippen LogP contribution in [-0.4, -0.2) is 21.3 Å². The van der Waals surface area contributed by atoms with E-state index in [0.29, 0.717) is 6.04 Å². The Labute approximate surface area is 102 Å². The summed E-state index contributed by atoms with van der Waals surface area (Å²) in [7, 11) is -0.885. The van der Waals surface area contributed by atoms with Gasteiger partial charge in [-0.1, -0.05) is 19.3 Å². The molecule has 1 N–H and O–H groups in total. The first-order valence-corrected chi connectivity index (χ1v) is 7.14. The molecule has 4 heteroatoms. The van der Waals surface area contributed by atoms with Gasteiger partial charge in [-0.2, -0.15) is 0 Å². The Morgan fingerprint density at radius 1 is 1.19 bits per heavy atom. The molecular formula is C12H25NO2S. The molecule has 1 saturated carbocycles. The van der Waals surface area contributed by atoms with Crippen molar-refractivity contribution in [2.24, 2.45) is 0 Å². The Morgan fingerprint density at radius 3 is 2.00 bits per heavy atom. The molecule has 0 saturated heterocycles. The van der Waals surface area contributed by atoms with Crippen LogP contribution < -0.4 is 4.72 Å². The third kappa shape index (κ3) is 7.12. The highest BCUT2D eigenvalue weighted by Gasteiger charge is 2.23. The van der Waals surface area contributed by atoms with E-state index in [4.69, 9.17) is 4.79 Å². The third-order valence-electron chi connectivity index (χ3n) is 2.44. The van der Waals surface area contributed by atoms with Crippen LogP contribution in [0.2, 0.25) is 0 Å². The minimum Gasteiger partial charge on any atom is -0.304 e. The van der Waals surface area contributed by atoms with Crippen molar-refractivity contribution in [2.45, 2.75) is 70.6 Å². The molecule has 96 valence electrons. The average molecular weight is 247 g/mol. The molecule has 0 radical (unpaired) electrons. The van der Waals surface area contributed by atoms with Gasteiger partial charge in [0.1, 0.15) is 6.29 Å². The summed E-state index contributed by atoms with van der Waals surface area (Å²) in [6, 6.07) is 0.494. The van der Waals surface area contributed by atoms with Crippen molar-refractivity contribution in [1.29, 1.82) is 0 Å². The molecule has 0 aliphatic heterocycles. The number of carbonyl (C=O) groups excluding carboxylic acids is 1. The summed E-state index contributed by atoms with van der Waals surface area (Å²) in [4.78, 5) is 8.81. The topological polar surface area (TPSA) is 46.2 Å². The number of hydrogen-bond donors (Lipinski definition) is 1. The summed E-state index contributed by atoms with van der Waals surface area (Å²) in [5.74, 6) is 0. The van der Waals surface area contributed by atoms with Crippen molar-refractivity contribution in [1.82, 2.24) is 4.72 Å². The van der Waals surface area contributed by atoms with E-state index in [-0.39, 0.29) is 4.75 Å². The van der Waals surface area contributed by atoms with Gasteiger partial charge >= 0.3 is 0 Å². The Kier molecular flexibility index (Phi) is 7.85. The van der Waals surface area contributed by atoms with E-state index in [1.54, 1.807) is 0 Å². The second-order valence-corrected chi connectivity index (χ2v) is 7.07. The minimum absolute atomic E-state index is 0.128. The Hall–Kier alpha value is -0.220. The van der Waals surface area contributed by atoms with Crippen LogP contribution in [0.4, 0.5) is 0 Å². The lowest BCUT2D eigenvalue weighted by atomic mass is 9.96. The van der Waals surface area contributed by atoms with E-state index in [9.17, 15) is 4.21 Å². The number of hydrogen-bond acceptors (Lipinski definition) is 2. The fraction of sp³-hybridized carbons (Fsp3) is 0.917. The van der Waals surface area contributed by atoms with Crippen LogP contribution in [-0.2, 0) is 15.8 Å². The first-order valence-electron chi connectivity index (χ1n) is 5.99. The lowest BCUT2D eigenvalue weighted by Gasteiger charge is -2.26. The molecule has 1 unspecified atom stereocenters. The summed E-state index contributed by atoms with van der Waals surface area (Å²) in [6.07, 6.45) is 7.07. The normalized spacial score (nSPS) is 19.5. The SMILES string of the molecule is CC(C)(C)S(=O)NC1CCCCC1.CC=O. The molecule has 0 heterocycles. The third-order valence-corrected chi connectivity index (χ3v) is 4.09. The summed E-state index contributed by atoms with van der Waals surface area (Å²) in [5, 5.41) is 0. The van der Waals surface area contributed by atoms with E-state index in [1.807, 2.05) is 20.8 Å². The molecule has 1 aliphatic rings. The predicted octanol–water partition coefficient (Wildman–Crippen LogP) is 2.58. The van der Waals surface area contributed by atoms with Crippen molar-refractivity contribution in [3.05, 3.63) is 0 Å². The summed E-state index contributed by atoms with van der Waals surface area (Å²) >= 11 is 0. The molecule has 0 amide bonds. The second-order valence-electron chi connectivity index (χ2n) is 5.07. The van der Waals surface area contributed by atoms with E-state index < -0.39 is 11.0 Å². The van der Waals surface area contributed by atoms with Gasteiger partial charge in [0.15, 0.2) is 0 Å². The first-order chi connectivity index (χ1) is 7.41. The van der Waals surface area contributed by atoms with Gasteiger partial charge in [-0.25, -0.2) is 8.93 Å². The molecule has 0 bridgehead atoms. The fourth-order valence-electron chi connectivity index (χ4n) is 1.55. The molecular weight excluding hydrogens is 222 g/mol. The van der Waals surface area contributed by atoms with Gasteiger partial charge in [0.05, 0.1) is 15.7 Å². The van der Waals surface area contributed by atoms with Crippen molar-refractivity contribution < 1.29 is 9.00 Å². The molecule has 0 spiro atoms. The summed E-state index contributed by atoms with van der Waals surface area (Å²) < 4.78 is 14.8. The van der Waals surface area contributed by atoms with Crippen LogP contribution in [0.1, 0.15) is 59.8 Å². The zero-order chi connectivity index (χ0) is 12.6. The number of rotatable bonds is 2. The summed E-state index contributed by atoms with van der Waals surface area (Å²) in [6.45, 7) is 7.48. The molecule has 0 aromatic carbocycles. The van der Waals surface area contributed by atoms with Crippen LogP contribution in [0.3, 0.4) is 0 Å². The quantitative estimate of drug-likeness (QED) is 0.762. The van der Waals surface area contributed by atoms with E-state index >= 15 is 0 Å². The molecule has 1 rings (SSSR count). The average Bonchev–Trinajstić information content (AvgIpc) is 2.19. The molecule has 1 fully saturated rings. The van der Waals surface area contributed by atoms with Crippen molar-refractivity contribution in [3.63, 3.8) is 0 Å². The number of carbonyl (C=O) groups is 1. The molecule has 0 aromatic rings. The maximum atomic E-state index is 11.7. The molecule has 3 nitrogen and oxygen atoms in total. The van der Waals surface area contributed by atoms with Gasteiger partial charge in [0.25, 0.3) is 0 Å². The van der Waals surface area contributed by atoms with Crippen LogP contribution in [0.15, 0.2) is 0 Å². The zero-order valence-electron chi connectivity index (χ0n) is 10.9.